The lowest BCUT2D eigenvalue weighted by molar-refractivity contribution is -0.494. The van der Waals surface area contributed by atoms with Crippen molar-refractivity contribution in [3.8, 4) is 0 Å². The first kappa shape index (κ1) is 13.8. The van der Waals surface area contributed by atoms with Gasteiger partial charge in [-0.25, -0.2) is 9.14 Å². The van der Waals surface area contributed by atoms with Crippen molar-refractivity contribution in [1.29, 1.82) is 0 Å². The van der Waals surface area contributed by atoms with Gasteiger partial charge in [0, 0.05) is 6.92 Å². The minimum Gasteiger partial charge on any atom is -0.302 e. The van der Waals surface area contributed by atoms with Gasteiger partial charge in [0.25, 0.3) is 0 Å². The van der Waals surface area contributed by atoms with Gasteiger partial charge in [-0.1, -0.05) is 6.92 Å². The van der Waals surface area contributed by atoms with E-state index in [-0.39, 0.29) is 13.2 Å². The highest BCUT2D eigenvalue weighted by molar-refractivity contribution is 7.47. The Labute approximate surface area is 85.0 Å². The molecule has 0 saturated carbocycles. The smallest absolute Gasteiger partial charge is 0.302 e. The maximum atomic E-state index is 11.1. The van der Waals surface area contributed by atoms with Crippen LogP contribution in [0.5, 0.6) is 0 Å². The molecule has 5 nitrogen and oxygen atoms in total. The topological polar surface area (TPSA) is 58.8 Å². The number of hydrogen-bond acceptors (Lipinski definition) is 3. The highest BCUT2D eigenvalue weighted by Crippen LogP contribution is 2.42. The second kappa shape index (κ2) is 7.12. The molecule has 0 amide bonds. The lowest BCUT2D eigenvalue weighted by Crippen LogP contribution is -2.13. The first-order chi connectivity index (χ1) is 6.52. The molecule has 0 aliphatic rings. The maximum absolute atomic E-state index is 11.1. The summed E-state index contributed by atoms with van der Waals surface area (Å²) in [6, 6.07) is 0. The van der Waals surface area contributed by atoms with Gasteiger partial charge in [-0.15, -0.1) is 0 Å². The summed E-state index contributed by atoms with van der Waals surface area (Å²) in [5, 5.41) is 0. The SMILES string of the molecule is CC=[N+](C)CCOP(=O)(O)OCCC. The Bertz CT molecular complexity index is 229. The third-order valence-corrected chi connectivity index (χ3v) is 2.62. The lowest BCUT2D eigenvalue weighted by atomic mass is 10.5. The van der Waals surface area contributed by atoms with Crippen LogP contribution >= 0.6 is 7.82 Å². The molecule has 0 aromatic carbocycles. The van der Waals surface area contributed by atoms with E-state index in [1.165, 1.54) is 0 Å². The summed E-state index contributed by atoms with van der Waals surface area (Å²) in [6.07, 6.45) is 2.55. The molecule has 0 aromatic heterocycles. The van der Waals surface area contributed by atoms with E-state index in [4.69, 9.17) is 9.42 Å². The van der Waals surface area contributed by atoms with E-state index in [0.717, 1.165) is 0 Å². The first-order valence-electron chi connectivity index (χ1n) is 4.63. The van der Waals surface area contributed by atoms with Crippen LogP contribution in [0.1, 0.15) is 20.3 Å². The van der Waals surface area contributed by atoms with Crippen LogP contribution < -0.4 is 0 Å². The molecule has 14 heavy (non-hydrogen) atoms. The van der Waals surface area contributed by atoms with E-state index in [1.807, 2.05) is 31.7 Å². The number of likely N-dealkylation sites (N-methyl/N-ethyl adjacent to an activating group) is 1. The predicted molar refractivity (Wildman–Crippen MR) is 54.8 cm³/mol. The van der Waals surface area contributed by atoms with Crippen LogP contribution in [0, 0.1) is 0 Å². The zero-order valence-electron chi connectivity index (χ0n) is 8.97. The molecule has 1 atom stereocenters. The lowest BCUT2D eigenvalue weighted by Gasteiger charge is -2.10. The number of rotatable bonds is 7. The minimum atomic E-state index is -3.82. The largest absolute Gasteiger partial charge is 0.472 e. The predicted octanol–water partition coefficient (Wildman–Crippen LogP) is 1.26. The van der Waals surface area contributed by atoms with Crippen molar-refractivity contribution >= 4 is 14.0 Å². The molecular weight excluding hydrogens is 205 g/mol. The standard InChI is InChI=1S/C8H18NO4P/c1-4-7-12-14(10,11)13-8-6-9(3)5-2/h5H,4,6-8H2,1-3H3/p+1. The minimum absolute atomic E-state index is 0.179. The fourth-order valence-electron chi connectivity index (χ4n) is 0.673. The van der Waals surface area contributed by atoms with E-state index >= 15 is 0 Å². The second-order valence-corrected chi connectivity index (χ2v) is 4.33. The number of phosphoric ester groups is 1. The van der Waals surface area contributed by atoms with Gasteiger partial charge in [0.1, 0.15) is 19.9 Å². The number of phosphoric acid groups is 1. The highest BCUT2D eigenvalue weighted by Gasteiger charge is 2.20. The normalized spacial score (nSPS) is 16.7. The van der Waals surface area contributed by atoms with Crippen molar-refractivity contribution < 1.29 is 23.1 Å². The number of hydrogen-bond donors (Lipinski definition) is 1. The van der Waals surface area contributed by atoms with Crippen LogP contribution in [0.3, 0.4) is 0 Å². The zero-order valence-corrected chi connectivity index (χ0v) is 9.87. The molecule has 1 N–H and O–H groups in total. The summed E-state index contributed by atoms with van der Waals surface area (Å²) in [7, 11) is -1.96. The van der Waals surface area contributed by atoms with Crippen LogP contribution in [0.4, 0.5) is 0 Å². The van der Waals surface area contributed by atoms with Crippen LogP contribution in [0.15, 0.2) is 0 Å². The molecule has 84 valence electrons. The Balaban J connectivity index is 3.71. The number of nitrogens with zero attached hydrogens (tertiary/aromatic N) is 1. The van der Waals surface area contributed by atoms with Crippen molar-refractivity contribution in [3.63, 3.8) is 0 Å². The van der Waals surface area contributed by atoms with Gasteiger partial charge in [-0.3, -0.25) is 9.05 Å². The quantitative estimate of drug-likeness (QED) is 0.402. The van der Waals surface area contributed by atoms with Gasteiger partial charge in [-0.2, -0.15) is 0 Å². The molecule has 0 aliphatic heterocycles. The molecule has 0 fully saturated rings. The van der Waals surface area contributed by atoms with Gasteiger partial charge in [0.2, 0.25) is 0 Å². The van der Waals surface area contributed by atoms with E-state index in [1.54, 1.807) is 0 Å². The van der Waals surface area contributed by atoms with E-state index < -0.39 is 7.82 Å². The van der Waals surface area contributed by atoms with Gasteiger partial charge in [0.15, 0.2) is 6.54 Å². The highest BCUT2D eigenvalue weighted by atomic mass is 31.2. The molecule has 0 rings (SSSR count). The Morgan fingerprint density at radius 2 is 2.00 bits per heavy atom. The van der Waals surface area contributed by atoms with Crippen LogP contribution in [-0.2, 0) is 13.6 Å². The van der Waals surface area contributed by atoms with Gasteiger partial charge in [0.05, 0.1) is 6.61 Å². The molecule has 0 heterocycles. The summed E-state index contributed by atoms with van der Waals surface area (Å²) >= 11 is 0. The molecule has 1 unspecified atom stereocenters. The van der Waals surface area contributed by atoms with Crippen LogP contribution in [-0.4, -0.2) is 42.5 Å². The Morgan fingerprint density at radius 1 is 1.43 bits per heavy atom. The summed E-state index contributed by atoms with van der Waals surface area (Å²) in [6.45, 7) is 4.73. The van der Waals surface area contributed by atoms with E-state index in [9.17, 15) is 4.57 Å². The first-order valence-corrected chi connectivity index (χ1v) is 6.13. The summed E-state index contributed by atoms with van der Waals surface area (Å²) in [4.78, 5) is 9.11. The summed E-state index contributed by atoms with van der Waals surface area (Å²) in [5.74, 6) is 0. The van der Waals surface area contributed by atoms with Crippen LogP contribution in [0.25, 0.3) is 0 Å². The molecular formula is C8H19NO4P+. The molecule has 0 spiro atoms. The maximum Gasteiger partial charge on any atom is 0.472 e. The Kier molecular flexibility index (Phi) is 7.01. The average molecular weight is 224 g/mol. The third kappa shape index (κ3) is 7.21. The summed E-state index contributed by atoms with van der Waals surface area (Å²) < 4.78 is 22.4. The average Bonchev–Trinajstić information content (AvgIpc) is 2.14. The molecule has 0 bridgehead atoms. The molecule has 0 radical (unpaired) electrons. The molecule has 0 aromatic rings. The van der Waals surface area contributed by atoms with Crippen LogP contribution in [0.2, 0.25) is 0 Å². The van der Waals surface area contributed by atoms with Crippen molar-refractivity contribution in [3.05, 3.63) is 0 Å². The Morgan fingerprint density at radius 3 is 2.50 bits per heavy atom. The fraction of sp³-hybridized carbons (Fsp3) is 0.875. The fourth-order valence-corrected chi connectivity index (χ4v) is 1.47. The van der Waals surface area contributed by atoms with Crippen molar-refractivity contribution in [2.75, 3.05) is 26.8 Å². The molecule has 0 saturated heterocycles. The zero-order chi connectivity index (χ0) is 11.0. The van der Waals surface area contributed by atoms with E-state index in [2.05, 4.69) is 4.52 Å². The third-order valence-electron chi connectivity index (χ3n) is 1.60. The van der Waals surface area contributed by atoms with Gasteiger partial charge >= 0.3 is 7.82 Å². The molecule has 0 aliphatic carbocycles. The van der Waals surface area contributed by atoms with Crippen molar-refractivity contribution in [1.82, 2.24) is 0 Å². The van der Waals surface area contributed by atoms with Gasteiger partial charge < -0.3 is 4.89 Å². The summed E-state index contributed by atoms with van der Waals surface area (Å²) in [5.41, 5.74) is 0. The molecule has 6 heteroatoms. The van der Waals surface area contributed by atoms with Crippen molar-refractivity contribution in [2.45, 2.75) is 20.3 Å². The van der Waals surface area contributed by atoms with Gasteiger partial charge in [-0.05, 0) is 6.42 Å². The monoisotopic (exact) mass is 224 g/mol. The van der Waals surface area contributed by atoms with Crippen molar-refractivity contribution in [2.24, 2.45) is 0 Å². The van der Waals surface area contributed by atoms with E-state index in [0.29, 0.717) is 13.0 Å². The Hall–Kier alpha value is -0.220. The second-order valence-electron chi connectivity index (χ2n) is 2.87.